The van der Waals surface area contributed by atoms with Gasteiger partial charge in [0.15, 0.2) is 0 Å². The third-order valence-corrected chi connectivity index (χ3v) is 2.33. The summed E-state index contributed by atoms with van der Waals surface area (Å²) in [7, 11) is 0. The van der Waals surface area contributed by atoms with Gasteiger partial charge in [-0.25, -0.2) is 0 Å². The molecule has 0 aromatic carbocycles. The Balaban J connectivity index is 2.86. The molecular formula is C11H18N2O2. The highest BCUT2D eigenvalue weighted by Crippen LogP contribution is 2.23. The lowest BCUT2D eigenvalue weighted by atomic mass is 10.1. The average Bonchev–Trinajstić information content (AvgIpc) is 2.25. The Morgan fingerprint density at radius 2 is 2.20 bits per heavy atom. The van der Waals surface area contributed by atoms with E-state index in [9.17, 15) is 5.11 Å². The van der Waals surface area contributed by atoms with Crippen molar-refractivity contribution in [2.75, 3.05) is 6.54 Å². The van der Waals surface area contributed by atoms with Crippen LogP contribution in [0.5, 0.6) is 5.75 Å². The number of rotatable bonds is 5. The van der Waals surface area contributed by atoms with E-state index in [-0.39, 0.29) is 12.4 Å². The van der Waals surface area contributed by atoms with E-state index in [0.29, 0.717) is 17.8 Å². The van der Waals surface area contributed by atoms with Gasteiger partial charge in [-0.05, 0) is 19.9 Å². The molecule has 84 valence electrons. The number of aromatic hydroxyl groups is 1. The second-order valence-electron chi connectivity index (χ2n) is 3.53. The van der Waals surface area contributed by atoms with Crippen molar-refractivity contribution in [3.8, 4) is 5.75 Å². The van der Waals surface area contributed by atoms with Crippen LogP contribution in [0.25, 0.3) is 0 Å². The normalized spacial score (nSPS) is 10.6. The molecule has 0 saturated heterocycles. The molecule has 4 heteroatoms. The monoisotopic (exact) mass is 210 g/mol. The van der Waals surface area contributed by atoms with E-state index in [4.69, 9.17) is 5.11 Å². The zero-order chi connectivity index (χ0) is 11.3. The number of hydrogen-bond donors (Lipinski definition) is 3. The van der Waals surface area contributed by atoms with Crippen LogP contribution in [-0.4, -0.2) is 21.7 Å². The number of aliphatic hydroxyl groups excluding tert-OH is 1. The third kappa shape index (κ3) is 2.91. The minimum Gasteiger partial charge on any atom is -0.506 e. The van der Waals surface area contributed by atoms with Crippen LogP contribution >= 0.6 is 0 Å². The van der Waals surface area contributed by atoms with Crippen LogP contribution in [0.3, 0.4) is 0 Å². The van der Waals surface area contributed by atoms with E-state index in [1.54, 1.807) is 13.1 Å². The molecule has 0 aliphatic heterocycles. The first-order chi connectivity index (χ1) is 7.20. The first-order valence-electron chi connectivity index (χ1n) is 5.18. The molecule has 1 rings (SSSR count). The van der Waals surface area contributed by atoms with Gasteiger partial charge in [-0.3, -0.25) is 4.98 Å². The van der Waals surface area contributed by atoms with Gasteiger partial charge in [0.2, 0.25) is 0 Å². The van der Waals surface area contributed by atoms with Crippen molar-refractivity contribution in [1.29, 1.82) is 0 Å². The fraction of sp³-hybridized carbons (Fsp3) is 0.545. The van der Waals surface area contributed by atoms with Crippen LogP contribution in [0, 0.1) is 6.92 Å². The fourth-order valence-corrected chi connectivity index (χ4v) is 1.41. The minimum atomic E-state index is -0.0933. The molecule has 0 bridgehead atoms. The van der Waals surface area contributed by atoms with Crippen LogP contribution in [0.2, 0.25) is 0 Å². The Bertz CT molecular complexity index is 327. The van der Waals surface area contributed by atoms with Gasteiger partial charge in [0, 0.05) is 23.9 Å². The SMILES string of the molecule is CCCNCc1c(CO)cnc(C)c1O. The van der Waals surface area contributed by atoms with Crippen molar-refractivity contribution in [2.45, 2.75) is 33.4 Å². The minimum absolute atomic E-state index is 0.0933. The number of nitrogens with zero attached hydrogens (tertiary/aromatic N) is 1. The summed E-state index contributed by atoms with van der Waals surface area (Å²) in [4.78, 5) is 4.00. The molecule has 0 spiro atoms. The molecule has 1 heterocycles. The van der Waals surface area contributed by atoms with Crippen LogP contribution < -0.4 is 5.32 Å². The van der Waals surface area contributed by atoms with Gasteiger partial charge in [0.1, 0.15) is 5.75 Å². The molecule has 0 unspecified atom stereocenters. The van der Waals surface area contributed by atoms with Crippen LogP contribution in [0.15, 0.2) is 6.20 Å². The first-order valence-corrected chi connectivity index (χ1v) is 5.18. The second-order valence-corrected chi connectivity index (χ2v) is 3.53. The van der Waals surface area contributed by atoms with Crippen LogP contribution in [-0.2, 0) is 13.2 Å². The highest BCUT2D eigenvalue weighted by Gasteiger charge is 2.10. The van der Waals surface area contributed by atoms with Crippen LogP contribution in [0.4, 0.5) is 0 Å². The number of aryl methyl sites for hydroxylation is 1. The van der Waals surface area contributed by atoms with Gasteiger partial charge >= 0.3 is 0 Å². The van der Waals surface area contributed by atoms with Gasteiger partial charge in [0.25, 0.3) is 0 Å². The molecule has 0 aliphatic carbocycles. The summed E-state index contributed by atoms with van der Waals surface area (Å²) in [6, 6.07) is 0. The van der Waals surface area contributed by atoms with E-state index >= 15 is 0 Å². The number of hydrogen-bond acceptors (Lipinski definition) is 4. The fourth-order valence-electron chi connectivity index (χ4n) is 1.41. The van der Waals surface area contributed by atoms with Gasteiger partial charge in [-0.15, -0.1) is 0 Å². The summed E-state index contributed by atoms with van der Waals surface area (Å²) in [6.45, 7) is 5.20. The number of aromatic nitrogens is 1. The largest absolute Gasteiger partial charge is 0.506 e. The van der Waals surface area contributed by atoms with Gasteiger partial charge in [0.05, 0.1) is 12.3 Å². The van der Waals surface area contributed by atoms with Gasteiger partial charge < -0.3 is 15.5 Å². The average molecular weight is 210 g/mol. The zero-order valence-corrected chi connectivity index (χ0v) is 9.25. The molecule has 15 heavy (non-hydrogen) atoms. The van der Waals surface area contributed by atoms with E-state index in [1.165, 1.54) is 0 Å². The molecule has 0 aliphatic rings. The predicted octanol–water partition coefficient (Wildman–Crippen LogP) is 1.09. The first kappa shape index (κ1) is 11.9. The van der Waals surface area contributed by atoms with E-state index in [1.807, 2.05) is 0 Å². The third-order valence-electron chi connectivity index (χ3n) is 2.33. The molecule has 0 atom stereocenters. The quantitative estimate of drug-likeness (QED) is 0.636. The lowest BCUT2D eigenvalue weighted by Gasteiger charge is -2.11. The number of nitrogens with one attached hydrogen (secondary N) is 1. The zero-order valence-electron chi connectivity index (χ0n) is 9.25. The molecule has 3 N–H and O–H groups in total. The Kier molecular flexibility index (Phi) is 4.52. The summed E-state index contributed by atoms with van der Waals surface area (Å²) in [5.41, 5.74) is 2.03. The van der Waals surface area contributed by atoms with Crippen molar-refractivity contribution < 1.29 is 10.2 Å². The van der Waals surface area contributed by atoms with E-state index < -0.39 is 0 Å². The molecule has 4 nitrogen and oxygen atoms in total. The molecule has 1 aromatic rings. The molecule has 1 aromatic heterocycles. The summed E-state index contributed by atoms with van der Waals surface area (Å²) in [5, 5.41) is 22.1. The summed E-state index contributed by atoms with van der Waals surface area (Å²) in [6.07, 6.45) is 2.65. The van der Waals surface area contributed by atoms with Crippen molar-refractivity contribution in [3.63, 3.8) is 0 Å². The van der Waals surface area contributed by atoms with Crippen molar-refractivity contribution in [3.05, 3.63) is 23.0 Å². The Hall–Kier alpha value is -1.13. The summed E-state index contributed by atoms with van der Waals surface area (Å²) in [5.74, 6) is 0.185. The van der Waals surface area contributed by atoms with E-state index in [2.05, 4.69) is 17.2 Å². The molecule has 0 saturated carbocycles. The smallest absolute Gasteiger partial charge is 0.141 e. The van der Waals surface area contributed by atoms with Crippen molar-refractivity contribution >= 4 is 0 Å². The molecular weight excluding hydrogens is 192 g/mol. The standard InChI is InChI=1S/C11H18N2O2/c1-3-4-12-6-10-9(7-14)5-13-8(2)11(10)15/h5,12,14-15H,3-4,6-7H2,1-2H3. The molecule has 0 radical (unpaired) electrons. The van der Waals surface area contributed by atoms with Crippen molar-refractivity contribution in [1.82, 2.24) is 10.3 Å². The maximum absolute atomic E-state index is 9.80. The Morgan fingerprint density at radius 3 is 2.80 bits per heavy atom. The summed E-state index contributed by atoms with van der Waals surface area (Å²) < 4.78 is 0. The highest BCUT2D eigenvalue weighted by atomic mass is 16.3. The topological polar surface area (TPSA) is 65.4 Å². The lowest BCUT2D eigenvalue weighted by molar-refractivity contribution is 0.278. The highest BCUT2D eigenvalue weighted by molar-refractivity contribution is 5.40. The Labute approximate surface area is 90.0 Å². The van der Waals surface area contributed by atoms with E-state index in [0.717, 1.165) is 18.5 Å². The number of aliphatic hydroxyl groups is 1. The molecule has 0 amide bonds. The second kappa shape index (κ2) is 5.68. The summed E-state index contributed by atoms with van der Waals surface area (Å²) >= 11 is 0. The lowest BCUT2D eigenvalue weighted by Crippen LogP contribution is -2.15. The predicted molar refractivity (Wildman–Crippen MR) is 58.6 cm³/mol. The maximum atomic E-state index is 9.80. The maximum Gasteiger partial charge on any atom is 0.141 e. The number of pyridine rings is 1. The van der Waals surface area contributed by atoms with Crippen molar-refractivity contribution in [2.24, 2.45) is 0 Å². The molecule has 0 fully saturated rings. The van der Waals surface area contributed by atoms with Gasteiger partial charge in [-0.1, -0.05) is 6.92 Å². The Morgan fingerprint density at radius 1 is 1.47 bits per heavy atom. The van der Waals surface area contributed by atoms with Gasteiger partial charge in [-0.2, -0.15) is 0 Å². The van der Waals surface area contributed by atoms with Crippen LogP contribution in [0.1, 0.15) is 30.2 Å².